The van der Waals surface area contributed by atoms with E-state index in [1.165, 1.54) is 27.5 Å². The van der Waals surface area contributed by atoms with Crippen LogP contribution in [-0.2, 0) is 12.5 Å². The minimum Gasteiger partial charge on any atom is -0.456 e. The van der Waals surface area contributed by atoms with Crippen LogP contribution in [0.2, 0.25) is 0 Å². The Morgan fingerprint density at radius 2 is 1.68 bits per heavy atom. The Bertz CT molecular complexity index is 1640. The Morgan fingerprint density at radius 3 is 2.32 bits per heavy atom. The van der Waals surface area contributed by atoms with Gasteiger partial charge in [-0.1, -0.05) is 71.0 Å². The normalized spacial score (nSPS) is 12.2. The first-order chi connectivity index (χ1) is 16.1. The van der Waals surface area contributed by atoms with E-state index in [1.54, 1.807) is 0 Å². The lowest BCUT2D eigenvalue weighted by molar-refractivity contribution is -0.659. The van der Waals surface area contributed by atoms with Gasteiger partial charge >= 0.3 is 0 Å². The van der Waals surface area contributed by atoms with Gasteiger partial charge in [-0.05, 0) is 46.9 Å². The third-order valence-corrected chi connectivity index (χ3v) is 6.90. The van der Waals surface area contributed by atoms with Gasteiger partial charge in [0.05, 0.1) is 17.5 Å². The molecule has 5 aromatic rings. The van der Waals surface area contributed by atoms with E-state index in [4.69, 9.17) is 11.0 Å². The van der Waals surface area contributed by atoms with E-state index >= 15 is 0 Å². The molecule has 5 rings (SSSR count). The second kappa shape index (κ2) is 7.71. The van der Waals surface area contributed by atoms with Crippen molar-refractivity contribution in [3.05, 3.63) is 82.8 Å². The number of rotatable bonds is 2. The summed E-state index contributed by atoms with van der Waals surface area (Å²) in [6.07, 6.45) is 2.27. The van der Waals surface area contributed by atoms with Gasteiger partial charge in [0, 0.05) is 16.3 Å². The van der Waals surface area contributed by atoms with Crippen molar-refractivity contribution < 1.29 is 8.98 Å². The maximum atomic E-state index is 7.46. The van der Waals surface area contributed by atoms with Crippen LogP contribution in [0.4, 0.5) is 5.69 Å². The third-order valence-electron chi connectivity index (χ3n) is 6.90. The summed E-state index contributed by atoms with van der Waals surface area (Å²) in [6, 6.07) is 16.8. The number of aromatic nitrogens is 1. The highest BCUT2D eigenvalue weighted by molar-refractivity contribution is 6.14. The van der Waals surface area contributed by atoms with Crippen molar-refractivity contribution in [1.82, 2.24) is 0 Å². The molecule has 0 radical (unpaired) electrons. The SMILES string of the molecule is [C-]#[N+]c1ccc2c(c1)oc1c(-c3c4ccccc4c(C(C)C)c[n+]3C)c(C)cc(C(C)(C)C)c12. The van der Waals surface area contributed by atoms with Crippen LogP contribution in [-0.4, -0.2) is 0 Å². The lowest BCUT2D eigenvalue weighted by Gasteiger charge is -2.22. The predicted molar refractivity (Wildman–Crippen MR) is 142 cm³/mol. The zero-order valence-corrected chi connectivity index (χ0v) is 21.1. The highest BCUT2D eigenvalue weighted by Gasteiger charge is 2.29. The van der Waals surface area contributed by atoms with Crippen LogP contribution >= 0.6 is 0 Å². The van der Waals surface area contributed by atoms with Gasteiger partial charge in [-0.25, -0.2) is 9.41 Å². The number of benzene rings is 3. The molecule has 0 aliphatic rings. The highest BCUT2D eigenvalue weighted by Crippen LogP contribution is 2.45. The van der Waals surface area contributed by atoms with Gasteiger partial charge in [-0.15, -0.1) is 0 Å². The molecule has 3 nitrogen and oxygen atoms in total. The summed E-state index contributed by atoms with van der Waals surface area (Å²) in [7, 11) is 2.14. The van der Waals surface area contributed by atoms with Crippen molar-refractivity contribution >= 4 is 38.4 Å². The minimum absolute atomic E-state index is 0.0530. The molecule has 0 atom stereocenters. The van der Waals surface area contributed by atoms with E-state index < -0.39 is 0 Å². The lowest BCUT2D eigenvalue weighted by Crippen LogP contribution is -2.32. The van der Waals surface area contributed by atoms with Crippen LogP contribution in [0, 0.1) is 13.5 Å². The summed E-state index contributed by atoms with van der Waals surface area (Å²) in [5, 5.41) is 4.73. The number of fused-ring (bicyclic) bond motifs is 4. The van der Waals surface area contributed by atoms with E-state index in [9.17, 15) is 0 Å². The average molecular weight is 448 g/mol. The first kappa shape index (κ1) is 22.2. The molecular formula is C31H31N2O+. The number of hydrogen-bond donors (Lipinski definition) is 0. The molecule has 3 aromatic carbocycles. The topological polar surface area (TPSA) is 21.4 Å². The Labute approximate surface area is 201 Å². The fraction of sp³-hybridized carbons (Fsp3) is 0.290. The van der Waals surface area contributed by atoms with Crippen LogP contribution in [0.15, 0.2) is 59.1 Å². The van der Waals surface area contributed by atoms with Crippen LogP contribution < -0.4 is 4.57 Å². The molecule has 34 heavy (non-hydrogen) atoms. The molecule has 170 valence electrons. The molecule has 2 aromatic heterocycles. The number of nitrogens with zero attached hydrogens (tertiary/aromatic N) is 2. The maximum absolute atomic E-state index is 7.46. The van der Waals surface area contributed by atoms with E-state index in [-0.39, 0.29) is 5.41 Å². The van der Waals surface area contributed by atoms with Crippen molar-refractivity contribution in [2.75, 3.05) is 0 Å². The maximum Gasteiger partial charge on any atom is 0.224 e. The van der Waals surface area contributed by atoms with Crippen LogP contribution in [0.25, 0.3) is 48.8 Å². The molecule has 0 aliphatic carbocycles. The number of hydrogen-bond acceptors (Lipinski definition) is 1. The smallest absolute Gasteiger partial charge is 0.224 e. The minimum atomic E-state index is -0.0530. The lowest BCUT2D eigenvalue weighted by atomic mass is 9.81. The highest BCUT2D eigenvalue weighted by atomic mass is 16.3. The van der Waals surface area contributed by atoms with E-state index in [2.05, 4.69) is 94.5 Å². The number of pyridine rings is 1. The van der Waals surface area contributed by atoms with E-state index in [0.29, 0.717) is 11.6 Å². The molecule has 2 heterocycles. The molecule has 0 N–H and O–H groups in total. The van der Waals surface area contributed by atoms with Gasteiger partial charge in [0.25, 0.3) is 0 Å². The van der Waals surface area contributed by atoms with Gasteiger partial charge in [0.15, 0.2) is 11.9 Å². The molecule has 0 bridgehead atoms. The van der Waals surface area contributed by atoms with Crippen molar-refractivity contribution in [3.63, 3.8) is 0 Å². The summed E-state index contributed by atoms with van der Waals surface area (Å²) >= 11 is 0. The Hall–Kier alpha value is -3.64. The average Bonchev–Trinajstić information content (AvgIpc) is 3.16. The second-order valence-electron chi connectivity index (χ2n) is 10.7. The van der Waals surface area contributed by atoms with Crippen LogP contribution in [0.1, 0.15) is 57.2 Å². The predicted octanol–water partition coefficient (Wildman–Crippen LogP) is 8.51. The fourth-order valence-electron chi connectivity index (χ4n) is 5.27. The number of furan rings is 1. The first-order valence-electron chi connectivity index (χ1n) is 11.9. The first-order valence-corrected chi connectivity index (χ1v) is 11.9. The van der Waals surface area contributed by atoms with Crippen LogP contribution in [0.3, 0.4) is 0 Å². The molecule has 3 heteroatoms. The second-order valence-corrected chi connectivity index (χ2v) is 10.7. The van der Waals surface area contributed by atoms with E-state index in [0.717, 1.165) is 33.2 Å². The molecule has 0 amide bonds. The summed E-state index contributed by atoms with van der Waals surface area (Å²) < 4.78 is 8.88. The molecular weight excluding hydrogens is 416 g/mol. The standard InChI is InChI=1S/C31H31N2O/c1-18(2)24-17-33(8)29(22-12-10-9-11-21(22)24)27-19(3)15-25(31(4,5)6)28-23-14-13-20(32-7)16-26(23)34-30(27)28/h9-18H,1-6,8H3/q+1. The summed E-state index contributed by atoms with van der Waals surface area (Å²) in [6.45, 7) is 20.9. The summed E-state index contributed by atoms with van der Waals surface area (Å²) in [5.41, 5.74) is 8.30. The summed E-state index contributed by atoms with van der Waals surface area (Å²) in [4.78, 5) is 3.63. The molecule has 0 unspecified atom stereocenters. The zero-order valence-electron chi connectivity index (χ0n) is 21.1. The van der Waals surface area contributed by atoms with Crippen molar-refractivity contribution in [2.24, 2.45) is 7.05 Å². The Balaban J connectivity index is 2.00. The molecule has 0 saturated carbocycles. The Kier molecular flexibility index (Phi) is 5.02. The van der Waals surface area contributed by atoms with Crippen molar-refractivity contribution in [3.8, 4) is 11.3 Å². The molecule has 0 spiro atoms. The molecule has 0 saturated heterocycles. The largest absolute Gasteiger partial charge is 0.456 e. The monoisotopic (exact) mass is 447 g/mol. The third kappa shape index (κ3) is 3.29. The van der Waals surface area contributed by atoms with Gasteiger partial charge in [0.1, 0.15) is 18.2 Å². The number of aryl methyl sites for hydroxylation is 2. The molecule has 0 fully saturated rings. The van der Waals surface area contributed by atoms with Crippen molar-refractivity contribution in [1.29, 1.82) is 0 Å². The van der Waals surface area contributed by atoms with Gasteiger partial charge in [0.2, 0.25) is 5.69 Å². The van der Waals surface area contributed by atoms with Gasteiger partial charge < -0.3 is 4.42 Å². The van der Waals surface area contributed by atoms with Gasteiger partial charge in [-0.3, -0.25) is 0 Å². The van der Waals surface area contributed by atoms with E-state index in [1.807, 2.05) is 18.2 Å². The Morgan fingerprint density at radius 1 is 0.971 bits per heavy atom. The fourth-order valence-corrected chi connectivity index (χ4v) is 5.27. The zero-order chi connectivity index (χ0) is 24.4. The quantitative estimate of drug-likeness (QED) is 0.196. The summed E-state index contributed by atoms with van der Waals surface area (Å²) in [5.74, 6) is 0.424. The van der Waals surface area contributed by atoms with Gasteiger partial charge in [-0.2, -0.15) is 0 Å². The van der Waals surface area contributed by atoms with Crippen LogP contribution in [0.5, 0.6) is 0 Å². The molecule has 0 aliphatic heterocycles. The van der Waals surface area contributed by atoms with Crippen molar-refractivity contribution in [2.45, 2.75) is 52.9 Å².